The first-order valence-corrected chi connectivity index (χ1v) is 11.2. The molecule has 4 atom stereocenters. The van der Waals surface area contributed by atoms with E-state index in [-0.39, 0.29) is 29.3 Å². The van der Waals surface area contributed by atoms with Crippen LogP contribution in [-0.2, 0) is 0 Å². The third-order valence-electron chi connectivity index (χ3n) is 7.05. The smallest absolute Gasteiger partial charge is 0.123 e. The molecular weight excluding hydrogens is 411 g/mol. The number of rotatable bonds is 6. The first kappa shape index (κ1) is 21.1. The van der Waals surface area contributed by atoms with Gasteiger partial charge in [0.1, 0.15) is 29.8 Å². The van der Waals surface area contributed by atoms with Crippen LogP contribution in [0.25, 0.3) is 0 Å². The summed E-state index contributed by atoms with van der Waals surface area (Å²) in [7, 11) is 0. The summed E-state index contributed by atoms with van der Waals surface area (Å²) in [6, 6.07) is 20.5. The molecule has 166 valence electrons. The highest BCUT2D eigenvalue weighted by Crippen LogP contribution is 2.51. The Hall–Kier alpha value is -2.79. The lowest BCUT2D eigenvalue weighted by Gasteiger charge is -2.45. The molecular formula is C27H26F3NO. The summed E-state index contributed by atoms with van der Waals surface area (Å²) in [4.78, 5) is 2.53. The number of ether oxygens (including phenoxy) is 1. The van der Waals surface area contributed by atoms with Crippen molar-refractivity contribution in [2.24, 2.45) is 0 Å². The summed E-state index contributed by atoms with van der Waals surface area (Å²) in [5.74, 6) is 0.371. The van der Waals surface area contributed by atoms with Gasteiger partial charge in [0.05, 0.1) is 0 Å². The SMILES string of the molecule is Fc1ccc(OCCN2C3CC[C@@H]2C[C@@H](c2ccc(F)cc2)C3c2ccc(F)cc2)cc1. The van der Waals surface area contributed by atoms with E-state index >= 15 is 0 Å². The molecule has 3 aromatic carbocycles. The molecule has 0 aromatic heterocycles. The molecule has 0 saturated carbocycles. The van der Waals surface area contributed by atoms with Crippen molar-refractivity contribution < 1.29 is 17.9 Å². The molecule has 2 aliphatic heterocycles. The second-order valence-corrected chi connectivity index (χ2v) is 8.81. The number of nitrogens with zero attached hydrogens (tertiary/aromatic N) is 1. The van der Waals surface area contributed by atoms with E-state index in [4.69, 9.17) is 4.74 Å². The molecule has 2 nitrogen and oxygen atoms in total. The van der Waals surface area contributed by atoms with Gasteiger partial charge >= 0.3 is 0 Å². The largest absolute Gasteiger partial charge is 0.492 e. The van der Waals surface area contributed by atoms with Gasteiger partial charge < -0.3 is 4.74 Å². The number of hydrogen-bond donors (Lipinski definition) is 0. The highest BCUT2D eigenvalue weighted by molar-refractivity contribution is 5.33. The van der Waals surface area contributed by atoms with Crippen molar-refractivity contribution in [3.8, 4) is 5.75 Å². The Morgan fingerprint density at radius 2 is 1.28 bits per heavy atom. The van der Waals surface area contributed by atoms with E-state index in [1.54, 1.807) is 12.1 Å². The molecule has 0 amide bonds. The second kappa shape index (κ2) is 8.99. The van der Waals surface area contributed by atoms with Crippen molar-refractivity contribution in [2.45, 2.75) is 43.2 Å². The Morgan fingerprint density at radius 1 is 0.719 bits per heavy atom. The summed E-state index contributed by atoms with van der Waals surface area (Å²) in [5.41, 5.74) is 2.26. The summed E-state index contributed by atoms with van der Waals surface area (Å²) in [6.07, 6.45) is 3.15. The molecule has 2 heterocycles. The summed E-state index contributed by atoms with van der Waals surface area (Å²) < 4.78 is 46.2. The van der Waals surface area contributed by atoms with E-state index in [1.807, 2.05) is 24.3 Å². The van der Waals surface area contributed by atoms with Crippen LogP contribution in [0.5, 0.6) is 5.75 Å². The maximum absolute atomic E-state index is 13.6. The molecule has 2 fully saturated rings. The van der Waals surface area contributed by atoms with Gasteiger partial charge in [-0.1, -0.05) is 24.3 Å². The number of fused-ring (bicyclic) bond motifs is 2. The van der Waals surface area contributed by atoms with Crippen LogP contribution in [0.3, 0.4) is 0 Å². The van der Waals surface area contributed by atoms with Gasteiger partial charge in [-0.2, -0.15) is 0 Å². The van der Waals surface area contributed by atoms with Gasteiger partial charge in [-0.05, 0) is 84.8 Å². The van der Waals surface area contributed by atoms with Crippen molar-refractivity contribution >= 4 is 0 Å². The molecule has 2 unspecified atom stereocenters. The molecule has 2 saturated heterocycles. The normalized spacial score (nSPS) is 25.1. The lowest BCUT2D eigenvalue weighted by atomic mass is 9.72. The van der Waals surface area contributed by atoms with Gasteiger partial charge in [0.15, 0.2) is 0 Å². The number of halogens is 3. The first-order chi connectivity index (χ1) is 15.6. The fraction of sp³-hybridized carbons (Fsp3) is 0.333. The topological polar surface area (TPSA) is 12.5 Å². The Balaban J connectivity index is 1.38. The lowest BCUT2D eigenvalue weighted by molar-refractivity contribution is 0.0881. The van der Waals surface area contributed by atoms with Crippen LogP contribution in [0.4, 0.5) is 13.2 Å². The summed E-state index contributed by atoms with van der Waals surface area (Å²) in [5, 5.41) is 0. The zero-order valence-corrected chi connectivity index (χ0v) is 17.8. The quantitative estimate of drug-likeness (QED) is 0.450. The zero-order valence-electron chi connectivity index (χ0n) is 17.8. The van der Waals surface area contributed by atoms with Crippen LogP contribution >= 0.6 is 0 Å². The maximum Gasteiger partial charge on any atom is 0.123 e. The third-order valence-corrected chi connectivity index (χ3v) is 7.05. The molecule has 32 heavy (non-hydrogen) atoms. The highest BCUT2D eigenvalue weighted by atomic mass is 19.1. The molecule has 2 aliphatic rings. The predicted octanol–water partition coefficient (Wildman–Crippen LogP) is 6.29. The molecule has 0 radical (unpaired) electrons. The van der Waals surface area contributed by atoms with Crippen LogP contribution in [-0.4, -0.2) is 30.1 Å². The second-order valence-electron chi connectivity index (χ2n) is 8.81. The van der Waals surface area contributed by atoms with Gasteiger partial charge in [0.2, 0.25) is 0 Å². The van der Waals surface area contributed by atoms with Gasteiger partial charge in [0.25, 0.3) is 0 Å². The van der Waals surface area contributed by atoms with Crippen LogP contribution < -0.4 is 4.74 Å². The average molecular weight is 438 g/mol. The monoisotopic (exact) mass is 437 g/mol. The minimum absolute atomic E-state index is 0.200. The molecule has 2 bridgehead atoms. The fourth-order valence-electron chi connectivity index (χ4n) is 5.65. The molecule has 5 heteroatoms. The van der Waals surface area contributed by atoms with Gasteiger partial charge in [-0.15, -0.1) is 0 Å². The molecule has 0 N–H and O–H groups in total. The fourth-order valence-corrected chi connectivity index (χ4v) is 5.65. The highest BCUT2D eigenvalue weighted by Gasteiger charge is 2.47. The Labute approximate surface area is 186 Å². The third kappa shape index (κ3) is 4.26. The van der Waals surface area contributed by atoms with Crippen molar-refractivity contribution in [1.82, 2.24) is 4.90 Å². The Bertz CT molecular complexity index is 1040. The van der Waals surface area contributed by atoms with Crippen LogP contribution in [0, 0.1) is 17.5 Å². The Kier molecular flexibility index (Phi) is 5.92. The van der Waals surface area contributed by atoms with Gasteiger partial charge in [-0.25, -0.2) is 13.2 Å². The molecule has 3 aromatic rings. The van der Waals surface area contributed by atoms with Crippen molar-refractivity contribution in [2.75, 3.05) is 13.2 Å². The summed E-state index contributed by atoms with van der Waals surface area (Å²) in [6.45, 7) is 1.30. The van der Waals surface area contributed by atoms with E-state index < -0.39 is 0 Å². The minimum atomic E-state index is -0.277. The van der Waals surface area contributed by atoms with E-state index in [9.17, 15) is 13.2 Å². The van der Waals surface area contributed by atoms with Gasteiger partial charge in [0, 0.05) is 24.5 Å². The van der Waals surface area contributed by atoms with Crippen molar-refractivity contribution in [3.63, 3.8) is 0 Å². The number of hydrogen-bond acceptors (Lipinski definition) is 2. The van der Waals surface area contributed by atoms with E-state index in [2.05, 4.69) is 4.90 Å². The van der Waals surface area contributed by atoms with Gasteiger partial charge in [-0.3, -0.25) is 4.90 Å². The average Bonchev–Trinajstić information content (AvgIpc) is 3.07. The number of piperidine rings is 1. The van der Waals surface area contributed by atoms with Crippen molar-refractivity contribution in [3.05, 3.63) is 101 Å². The Morgan fingerprint density at radius 3 is 1.91 bits per heavy atom. The first-order valence-electron chi connectivity index (χ1n) is 11.2. The maximum atomic E-state index is 13.6. The van der Waals surface area contributed by atoms with Crippen LogP contribution in [0.15, 0.2) is 72.8 Å². The van der Waals surface area contributed by atoms with Crippen LogP contribution in [0.2, 0.25) is 0 Å². The molecule has 0 spiro atoms. The molecule has 5 rings (SSSR count). The van der Waals surface area contributed by atoms with Crippen molar-refractivity contribution in [1.29, 1.82) is 0 Å². The van der Waals surface area contributed by atoms with E-state index in [1.165, 1.54) is 36.4 Å². The zero-order chi connectivity index (χ0) is 22.1. The predicted molar refractivity (Wildman–Crippen MR) is 118 cm³/mol. The van der Waals surface area contributed by atoms with E-state index in [0.29, 0.717) is 24.4 Å². The van der Waals surface area contributed by atoms with E-state index in [0.717, 1.165) is 36.9 Å². The van der Waals surface area contributed by atoms with Crippen LogP contribution in [0.1, 0.15) is 42.2 Å². The lowest BCUT2D eigenvalue weighted by Crippen LogP contribution is -2.48. The minimum Gasteiger partial charge on any atom is -0.492 e. The standard InChI is InChI=1S/C27H26F3NO/c28-20-5-1-18(2-6-20)25-17-23-11-14-26(27(25)19-3-7-21(29)8-4-19)31(23)15-16-32-24-12-9-22(30)10-13-24/h1-10,12-13,23,25-27H,11,14-17H2/t23-,25+,26?,27?/m1/s1. The summed E-state index contributed by atoms with van der Waals surface area (Å²) >= 11 is 0. The molecule has 0 aliphatic carbocycles. The number of benzene rings is 3.